The summed E-state index contributed by atoms with van der Waals surface area (Å²) >= 11 is 0. The van der Waals surface area contributed by atoms with E-state index in [2.05, 4.69) is 42.4 Å². The van der Waals surface area contributed by atoms with E-state index in [0.29, 0.717) is 5.92 Å². The van der Waals surface area contributed by atoms with E-state index >= 15 is 0 Å². The van der Waals surface area contributed by atoms with Crippen LogP contribution < -0.4 is 5.32 Å². The van der Waals surface area contributed by atoms with Gasteiger partial charge >= 0.3 is 0 Å². The van der Waals surface area contributed by atoms with Crippen molar-refractivity contribution in [3.05, 3.63) is 34.9 Å². The van der Waals surface area contributed by atoms with Gasteiger partial charge in [-0.25, -0.2) is 0 Å². The number of nitrogens with zero attached hydrogens (tertiary/aromatic N) is 4. The van der Waals surface area contributed by atoms with Crippen molar-refractivity contribution < 1.29 is 0 Å². The molecule has 0 unspecified atom stereocenters. The van der Waals surface area contributed by atoms with Gasteiger partial charge in [-0.15, -0.1) is 0 Å². The van der Waals surface area contributed by atoms with E-state index < -0.39 is 0 Å². The van der Waals surface area contributed by atoms with Crippen LogP contribution >= 0.6 is 0 Å². The molecular weight excluding hydrogens is 238 g/mol. The predicted octanol–water partition coefficient (Wildman–Crippen LogP) is 1.88. The molecule has 0 radical (unpaired) electrons. The van der Waals surface area contributed by atoms with Gasteiger partial charge in [-0.3, -0.25) is 9.36 Å². The van der Waals surface area contributed by atoms with Crippen molar-refractivity contribution in [2.75, 3.05) is 0 Å². The summed E-state index contributed by atoms with van der Waals surface area (Å²) in [6, 6.07) is 2.17. The van der Waals surface area contributed by atoms with E-state index in [1.165, 1.54) is 17.0 Å². The first-order valence-electron chi connectivity index (χ1n) is 6.70. The molecule has 2 rings (SSSR count). The topological polar surface area (TPSA) is 47.7 Å². The number of rotatable bonds is 5. The molecule has 2 aromatic heterocycles. The first-order chi connectivity index (χ1) is 8.99. The van der Waals surface area contributed by atoms with Crippen LogP contribution in [0, 0.1) is 6.92 Å². The Morgan fingerprint density at radius 2 is 1.95 bits per heavy atom. The van der Waals surface area contributed by atoms with Crippen LogP contribution in [-0.4, -0.2) is 19.6 Å². The van der Waals surface area contributed by atoms with Crippen LogP contribution in [0.4, 0.5) is 0 Å². The minimum Gasteiger partial charge on any atom is -0.307 e. The van der Waals surface area contributed by atoms with Crippen molar-refractivity contribution in [3.63, 3.8) is 0 Å². The zero-order chi connectivity index (χ0) is 14.0. The first kappa shape index (κ1) is 13.8. The quantitative estimate of drug-likeness (QED) is 0.894. The Morgan fingerprint density at radius 1 is 1.21 bits per heavy atom. The van der Waals surface area contributed by atoms with Gasteiger partial charge in [0.2, 0.25) is 0 Å². The molecule has 0 aliphatic carbocycles. The summed E-state index contributed by atoms with van der Waals surface area (Å²) in [6.45, 7) is 8.08. The average Bonchev–Trinajstić information content (AvgIpc) is 2.87. The monoisotopic (exact) mass is 261 g/mol. The van der Waals surface area contributed by atoms with Crippen molar-refractivity contribution in [1.82, 2.24) is 24.9 Å². The van der Waals surface area contributed by atoms with Crippen LogP contribution in [-0.2, 0) is 27.2 Å². The molecule has 0 fully saturated rings. The molecule has 5 heteroatoms. The lowest BCUT2D eigenvalue weighted by Crippen LogP contribution is -2.15. The van der Waals surface area contributed by atoms with Gasteiger partial charge in [0.25, 0.3) is 0 Å². The SMILES string of the molecule is Cc1c(CNCc2cc(C(C)C)nn2C)cnn1C. The van der Waals surface area contributed by atoms with E-state index in [4.69, 9.17) is 0 Å². The summed E-state index contributed by atoms with van der Waals surface area (Å²) in [5, 5.41) is 12.2. The van der Waals surface area contributed by atoms with E-state index in [-0.39, 0.29) is 0 Å². The number of aryl methyl sites for hydroxylation is 2. The second kappa shape index (κ2) is 5.57. The molecule has 1 N–H and O–H groups in total. The zero-order valence-electron chi connectivity index (χ0n) is 12.4. The molecule has 0 atom stereocenters. The summed E-state index contributed by atoms with van der Waals surface area (Å²) in [7, 11) is 3.97. The Hall–Kier alpha value is -1.62. The van der Waals surface area contributed by atoms with E-state index in [9.17, 15) is 0 Å². The van der Waals surface area contributed by atoms with Gasteiger partial charge in [-0.2, -0.15) is 10.2 Å². The molecule has 0 bridgehead atoms. The molecule has 0 saturated heterocycles. The van der Waals surface area contributed by atoms with Gasteiger partial charge in [0.15, 0.2) is 0 Å². The maximum Gasteiger partial charge on any atom is 0.0653 e. The Balaban J connectivity index is 1.94. The molecule has 104 valence electrons. The summed E-state index contributed by atoms with van der Waals surface area (Å²) in [5.74, 6) is 0.473. The Bertz CT molecular complexity index is 550. The lowest BCUT2D eigenvalue weighted by molar-refractivity contribution is 0.618. The van der Waals surface area contributed by atoms with Crippen molar-refractivity contribution in [3.8, 4) is 0 Å². The van der Waals surface area contributed by atoms with Crippen molar-refractivity contribution in [1.29, 1.82) is 0 Å². The fourth-order valence-corrected chi connectivity index (χ4v) is 2.02. The first-order valence-corrected chi connectivity index (χ1v) is 6.70. The van der Waals surface area contributed by atoms with Crippen LogP contribution in [0.2, 0.25) is 0 Å². The largest absolute Gasteiger partial charge is 0.307 e. The molecule has 0 aliphatic rings. The molecule has 0 saturated carbocycles. The minimum absolute atomic E-state index is 0.473. The standard InChI is InChI=1S/C14H23N5/c1-10(2)14-6-13(19(5)17-14)9-15-7-12-8-16-18(4)11(12)3/h6,8,10,15H,7,9H2,1-5H3. The van der Waals surface area contributed by atoms with Crippen LogP contribution in [0.15, 0.2) is 12.3 Å². The minimum atomic E-state index is 0.473. The Kier molecular flexibility index (Phi) is 4.04. The predicted molar refractivity (Wildman–Crippen MR) is 75.8 cm³/mol. The normalized spacial score (nSPS) is 11.5. The third kappa shape index (κ3) is 3.04. The number of hydrogen-bond donors (Lipinski definition) is 1. The second-order valence-corrected chi connectivity index (χ2v) is 5.32. The molecule has 2 heterocycles. The highest BCUT2D eigenvalue weighted by atomic mass is 15.3. The van der Waals surface area contributed by atoms with Crippen molar-refractivity contribution in [2.45, 2.75) is 39.8 Å². The average molecular weight is 261 g/mol. The summed E-state index contributed by atoms with van der Waals surface area (Å²) in [4.78, 5) is 0. The molecule has 5 nitrogen and oxygen atoms in total. The molecule has 19 heavy (non-hydrogen) atoms. The van der Waals surface area contributed by atoms with Crippen molar-refractivity contribution in [2.24, 2.45) is 14.1 Å². The number of aromatic nitrogens is 4. The Labute approximate surface area is 114 Å². The maximum atomic E-state index is 4.52. The highest BCUT2D eigenvalue weighted by Gasteiger charge is 2.08. The molecule has 0 aliphatic heterocycles. The third-order valence-corrected chi connectivity index (χ3v) is 3.55. The highest BCUT2D eigenvalue weighted by Crippen LogP contribution is 2.13. The van der Waals surface area contributed by atoms with Gasteiger partial charge < -0.3 is 5.32 Å². The number of hydrogen-bond acceptors (Lipinski definition) is 3. The zero-order valence-corrected chi connectivity index (χ0v) is 12.4. The van der Waals surface area contributed by atoms with Crippen LogP contribution in [0.3, 0.4) is 0 Å². The fourth-order valence-electron chi connectivity index (χ4n) is 2.02. The van der Waals surface area contributed by atoms with Gasteiger partial charge in [-0.05, 0) is 18.9 Å². The third-order valence-electron chi connectivity index (χ3n) is 3.55. The summed E-state index contributed by atoms with van der Waals surface area (Å²) in [6.07, 6.45) is 1.92. The van der Waals surface area contributed by atoms with Gasteiger partial charge in [0.1, 0.15) is 0 Å². The molecule has 0 spiro atoms. The molecule has 0 aromatic carbocycles. The lowest BCUT2D eigenvalue weighted by Gasteiger charge is -2.04. The Morgan fingerprint density at radius 3 is 2.47 bits per heavy atom. The van der Waals surface area contributed by atoms with Crippen molar-refractivity contribution >= 4 is 0 Å². The maximum absolute atomic E-state index is 4.52. The second-order valence-electron chi connectivity index (χ2n) is 5.32. The lowest BCUT2D eigenvalue weighted by atomic mass is 10.1. The smallest absolute Gasteiger partial charge is 0.0653 e. The molecule has 0 amide bonds. The molecular formula is C14H23N5. The van der Waals surface area contributed by atoms with Crippen LogP contribution in [0.1, 0.15) is 42.4 Å². The number of nitrogens with one attached hydrogen (secondary N) is 1. The van der Waals surface area contributed by atoms with Gasteiger partial charge in [-0.1, -0.05) is 13.8 Å². The highest BCUT2D eigenvalue weighted by molar-refractivity contribution is 5.16. The van der Waals surface area contributed by atoms with E-state index in [1.54, 1.807) is 0 Å². The fraction of sp³-hybridized carbons (Fsp3) is 0.571. The van der Waals surface area contributed by atoms with E-state index in [0.717, 1.165) is 18.8 Å². The van der Waals surface area contributed by atoms with E-state index in [1.807, 2.05) is 29.7 Å². The summed E-state index contributed by atoms with van der Waals surface area (Å²) < 4.78 is 3.86. The molecule has 2 aromatic rings. The van der Waals surface area contributed by atoms with Crippen LogP contribution in [0.25, 0.3) is 0 Å². The van der Waals surface area contributed by atoms with Gasteiger partial charge in [0, 0.05) is 38.4 Å². The van der Waals surface area contributed by atoms with Crippen LogP contribution in [0.5, 0.6) is 0 Å². The van der Waals surface area contributed by atoms with Gasteiger partial charge in [0.05, 0.1) is 17.6 Å². The summed E-state index contributed by atoms with van der Waals surface area (Å²) in [5.41, 5.74) is 4.82.